The van der Waals surface area contributed by atoms with Crippen molar-refractivity contribution in [2.45, 2.75) is 243 Å². The number of ether oxygens (including phenoxy) is 1. The molecule has 1 aliphatic heterocycles. The first kappa shape index (κ1) is 48.2. The van der Waals surface area contributed by atoms with Crippen LogP contribution >= 0.6 is 0 Å². The standard InChI is InChI=1S/C52H94N2O/c1-5-7-9-11-13-15-17-19-21-23-25-27-29-31-33-35-37-51(38-36-34-32-30-28-26-24-22-20-18-16-14-12-10-8-6-2)39-41-52(42-40-51)45-47-43-49(53-3)50(54-4)44-48(47)46-55-52/h13-16,19-22,47-50,53-54H,5-12,17-18,23-46H2,1-4H3. The topological polar surface area (TPSA) is 33.3 Å². The first-order chi connectivity index (χ1) is 27.1. The predicted octanol–water partition coefficient (Wildman–Crippen LogP) is 15.3. The van der Waals surface area contributed by atoms with E-state index >= 15 is 0 Å². The van der Waals surface area contributed by atoms with Crippen LogP contribution in [0, 0.1) is 17.3 Å². The smallest absolute Gasteiger partial charge is 0.0685 e. The maximum absolute atomic E-state index is 6.94. The van der Waals surface area contributed by atoms with Crippen LogP contribution in [0.4, 0.5) is 0 Å². The molecule has 2 aliphatic carbocycles. The molecule has 1 spiro atoms. The average molecular weight is 763 g/mol. The molecule has 3 heteroatoms. The van der Waals surface area contributed by atoms with Crippen molar-refractivity contribution in [3.63, 3.8) is 0 Å². The fourth-order valence-electron chi connectivity index (χ4n) is 10.5. The summed E-state index contributed by atoms with van der Waals surface area (Å²) >= 11 is 0. The monoisotopic (exact) mass is 763 g/mol. The van der Waals surface area contributed by atoms with Crippen LogP contribution in [0.15, 0.2) is 48.6 Å². The number of allylic oxidation sites excluding steroid dienone is 8. The minimum absolute atomic E-state index is 0.175. The van der Waals surface area contributed by atoms with Gasteiger partial charge in [0.25, 0.3) is 0 Å². The van der Waals surface area contributed by atoms with Gasteiger partial charge in [0, 0.05) is 12.1 Å². The van der Waals surface area contributed by atoms with E-state index in [-0.39, 0.29) is 5.60 Å². The molecule has 1 saturated heterocycles. The third-order valence-electron chi connectivity index (χ3n) is 14.3. The Morgan fingerprint density at radius 3 is 1.31 bits per heavy atom. The Bertz CT molecular complexity index is 969. The van der Waals surface area contributed by atoms with E-state index in [1.165, 1.54) is 199 Å². The van der Waals surface area contributed by atoms with Crippen LogP contribution in [0.5, 0.6) is 0 Å². The number of rotatable bonds is 32. The number of fused-ring (bicyclic) bond motifs is 1. The van der Waals surface area contributed by atoms with E-state index in [9.17, 15) is 0 Å². The quantitative estimate of drug-likeness (QED) is 0.0529. The van der Waals surface area contributed by atoms with E-state index in [2.05, 4.69) is 87.2 Å². The molecule has 55 heavy (non-hydrogen) atoms. The van der Waals surface area contributed by atoms with Crippen LogP contribution in [-0.4, -0.2) is 38.4 Å². The second-order valence-corrected chi connectivity index (χ2v) is 18.6. The molecule has 3 nitrogen and oxygen atoms in total. The van der Waals surface area contributed by atoms with Crippen LogP contribution in [0.25, 0.3) is 0 Å². The van der Waals surface area contributed by atoms with Crippen molar-refractivity contribution in [1.29, 1.82) is 0 Å². The van der Waals surface area contributed by atoms with Crippen molar-refractivity contribution in [3.05, 3.63) is 48.6 Å². The van der Waals surface area contributed by atoms with E-state index in [4.69, 9.17) is 4.74 Å². The molecule has 3 fully saturated rings. The van der Waals surface area contributed by atoms with Gasteiger partial charge in [0.2, 0.25) is 0 Å². The lowest BCUT2D eigenvalue weighted by Gasteiger charge is -2.54. The largest absolute Gasteiger partial charge is 0.375 e. The zero-order chi connectivity index (χ0) is 39.1. The zero-order valence-electron chi connectivity index (χ0n) is 37.4. The zero-order valence-corrected chi connectivity index (χ0v) is 37.4. The third kappa shape index (κ3) is 20.4. The van der Waals surface area contributed by atoms with Crippen LogP contribution < -0.4 is 10.6 Å². The fraction of sp³-hybridized carbons (Fsp3) is 0.846. The van der Waals surface area contributed by atoms with E-state index < -0.39 is 0 Å². The molecule has 1 heterocycles. The summed E-state index contributed by atoms with van der Waals surface area (Å²) in [5.41, 5.74) is 0.751. The molecule has 0 aromatic rings. The van der Waals surface area contributed by atoms with Gasteiger partial charge in [-0.05, 0) is 153 Å². The maximum atomic E-state index is 6.94. The van der Waals surface area contributed by atoms with E-state index in [0.717, 1.165) is 31.3 Å². The lowest BCUT2D eigenvalue weighted by Crippen LogP contribution is -2.57. The molecule has 0 aromatic heterocycles. The van der Waals surface area contributed by atoms with Gasteiger partial charge in [-0.25, -0.2) is 0 Å². The van der Waals surface area contributed by atoms with Gasteiger partial charge in [0.15, 0.2) is 0 Å². The lowest BCUT2D eigenvalue weighted by molar-refractivity contribution is -0.166. The molecule has 318 valence electrons. The number of hydrogen-bond acceptors (Lipinski definition) is 3. The van der Waals surface area contributed by atoms with Gasteiger partial charge in [-0.3, -0.25) is 0 Å². The van der Waals surface area contributed by atoms with Crippen LogP contribution in [-0.2, 0) is 4.74 Å². The SMILES string of the molecule is CCCCCC=CCC=CCCCCCCCCC1(CCCCCCCCC=CCC=CCCCCC)CCC2(CC1)CC1CC(NC)C(NC)CC1CO2. The predicted molar refractivity (Wildman–Crippen MR) is 244 cm³/mol. The molecular formula is C52H94N2O. The van der Waals surface area contributed by atoms with Crippen LogP contribution in [0.2, 0.25) is 0 Å². The summed E-state index contributed by atoms with van der Waals surface area (Å²) in [7, 11) is 4.31. The lowest BCUT2D eigenvalue weighted by atomic mass is 9.60. The summed E-state index contributed by atoms with van der Waals surface area (Å²) in [6.45, 7) is 5.57. The molecule has 0 amide bonds. The van der Waals surface area contributed by atoms with Crippen molar-refractivity contribution in [3.8, 4) is 0 Å². The molecule has 4 atom stereocenters. The fourth-order valence-corrected chi connectivity index (χ4v) is 10.5. The van der Waals surface area contributed by atoms with Gasteiger partial charge in [-0.1, -0.05) is 152 Å². The van der Waals surface area contributed by atoms with Crippen LogP contribution in [0.3, 0.4) is 0 Å². The van der Waals surface area contributed by atoms with Crippen LogP contribution in [0.1, 0.15) is 226 Å². The maximum Gasteiger partial charge on any atom is 0.0685 e. The first-order valence-corrected chi connectivity index (χ1v) is 24.7. The van der Waals surface area contributed by atoms with Gasteiger partial charge < -0.3 is 15.4 Å². The van der Waals surface area contributed by atoms with E-state index in [1.807, 2.05) is 0 Å². The highest BCUT2D eigenvalue weighted by Gasteiger charge is 2.49. The summed E-state index contributed by atoms with van der Waals surface area (Å²) in [6, 6.07) is 1.20. The molecule has 2 N–H and O–H groups in total. The Labute approximate surface area is 344 Å². The van der Waals surface area contributed by atoms with E-state index in [0.29, 0.717) is 17.5 Å². The molecule has 0 radical (unpaired) electrons. The van der Waals surface area contributed by atoms with Gasteiger partial charge in [0.1, 0.15) is 0 Å². The van der Waals surface area contributed by atoms with Crippen molar-refractivity contribution in [2.75, 3.05) is 20.7 Å². The molecule has 0 bridgehead atoms. The second-order valence-electron chi connectivity index (χ2n) is 18.6. The third-order valence-corrected chi connectivity index (χ3v) is 14.3. The number of nitrogens with one attached hydrogen (secondary N) is 2. The van der Waals surface area contributed by atoms with Crippen molar-refractivity contribution >= 4 is 0 Å². The Morgan fingerprint density at radius 2 is 0.873 bits per heavy atom. The highest BCUT2D eigenvalue weighted by atomic mass is 16.5. The van der Waals surface area contributed by atoms with Gasteiger partial charge >= 0.3 is 0 Å². The normalized spacial score (nSPS) is 27.4. The Balaban J connectivity index is 1.34. The highest BCUT2D eigenvalue weighted by molar-refractivity contribution is 5.02. The van der Waals surface area contributed by atoms with E-state index in [1.54, 1.807) is 0 Å². The summed E-state index contributed by atoms with van der Waals surface area (Å²) in [5.74, 6) is 1.58. The molecule has 3 rings (SSSR count). The molecule has 4 unspecified atom stereocenters. The summed E-state index contributed by atoms with van der Waals surface area (Å²) in [4.78, 5) is 0. The Morgan fingerprint density at radius 1 is 0.473 bits per heavy atom. The molecule has 2 saturated carbocycles. The number of unbranched alkanes of at least 4 members (excludes halogenated alkanes) is 18. The van der Waals surface area contributed by atoms with Crippen molar-refractivity contribution in [2.24, 2.45) is 17.3 Å². The average Bonchev–Trinajstić information content (AvgIpc) is 3.21. The van der Waals surface area contributed by atoms with Gasteiger partial charge in [0.05, 0.1) is 12.2 Å². The number of hydrogen-bond donors (Lipinski definition) is 2. The minimum atomic E-state index is 0.175. The highest BCUT2D eigenvalue weighted by Crippen LogP contribution is 2.54. The van der Waals surface area contributed by atoms with Gasteiger partial charge in [-0.2, -0.15) is 0 Å². The Hall–Kier alpha value is -1.16. The molecular weight excluding hydrogens is 669 g/mol. The summed E-state index contributed by atoms with van der Waals surface area (Å²) < 4.78 is 6.94. The number of likely N-dealkylation sites (N-methyl/N-ethyl adjacent to an activating group) is 2. The first-order valence-electron chi connectivity index (χ1n) is 24.7. The molecule has 3 aliphatic rings. The minimum Gasteiger partial charge on any atom is -0.375 e. The summed E-state index contributed by atoms with van der Waals surface area (Å²) in [5, 5.41) is 7.26. The van der Waals surface area contributed by atoms with Crippen molar-refractivity contribution in [1.82, 2.24) is 10.6 Å². The second kappa shape index (κ2) is 30.9. The Kier molecular flexibility index (Phi) is 27.0. The van der Waals surface area contributed by atoms with Gasteiger partial charge in [-0.15, -0.1) is 0 Å². The summed E-state index contributed by atoms with van der Waals surface area (Å²) in [6.07, 6.45) is 63.7. The van der Waals surface area contributed by atoms with Crippen molar-refractivity contribution < 1.29 is 4.74 Å². The molecule has 0 aromatic carbocycles.